The van der Waals surface area contributed by atoms with Crippen LogP contribution in [0.25, 0.3) is 0 Å². The van der Waals surface area contributed by atoms with Crippen LogP contribution in [0, 0.1) is 11.8 Å². The first-order valence-electron chi connectivity index (χ1n) is 8.31. The third-order valence-electron chi connectivity index (χ3n) is 3.10. The number of carbonyl (C=O) groups is 1. The molecule has 1 unspecified atom stereocenters. The van der Waals surface area contributed by atoms with Crippen LogP contribution in [-0.2, 0) is 9.53 Å². The van der Waals surface area contributed by atoms with Crippen LogP contribution >= 0.6 is 11.8 Å². The van der Waals surface area contributed by atoms with E-state index >= 15 is 0 Å². The zero-order chi connectivity index (χ0) is 16.1. The largest absolute Gasteiger partial charge is 0.465 e. The summed E-state index contributed by atoms with van der Waals surface area (Å²) in [6.45, 7) is 8.69. The summed E-state index contributed by atoms with van der Waals surface area (Å²) in [5.74, 6) is 1.82. The van der Waals surface area contributed by atoms with E-state index in [0.29, 0.717) is 24.9 Å². The zero-order valence-corrected chi connectivity index (χ0v) is 15.0. The summed E-state index contributed by atoms with van der Waals surface area (Å²) in [6, 6.07) is 0. The maximum Gasteiger partial charge on any atom is 0.319 e. The monoisotopic (exact) mass is 320 g/mol. The van der Waals surface area contributed by atoms with E-state index in [1.807, 2.05) is 0 Å². The summed E-state index contributed by atoms with van der Waals surface area (Å²) in [5.41, 5.74) is 0. The van der Waals surface area contributed by atoms with Gasteiger partial charge < -0.3 is 4.74 Å². The van der Waals surface area contributed by atoms with Crippen LogP contribution in [0.2, 0.25) is 0 Å². The van der Waals surface area contributed by atoms with Crippen LogP contribution in [0.3, 0.4) is 0 Å². The Bertz CT molecular complexity index is 257. The van der Waals surface area contributed by atoms with Crippen molar-refractivity contribution in [3.8, 4) is 0 Å². The number of alkyl halides is 1. The second-order valence-electron chi connectivity index (χ2n) is 6.47. The second kappa shape index (κ2) is 13.4. The Morgan fingerprint density at radius 1 is 1.00 bits per heavy atom. The average molecular weight is 321 g/mol. The van der Waals surface area contributed by atoms with Crippen LogP contribution in [0.1, 0.15) is 66.2 Å². The summed E-state index contributed by atoms with van der Waals surface area (Å²) in [6.07, 6.45) is 5.86. The van der Waals surface area contributed by atoms with E-state index in [2.05, 4.69) is 27.7 Å². The molecular weight excluding hydrogens is 287 g/mol. The molecule has 0 N–H and O–H groups in total. The van der Waals surface area contributed by atoms with Crippen LogP contribution in [0.4, 0.5) is 4.39 Å². The maximum absolute atomic E-state index is 12.1. The van der Waals surface area contributed by atoms with Crippen molar-refractivity contribution in [1.29, 1.82) is 0 Å². The summed E-state index contributed by atoms with van der Waals surface area (Å²) in [5, 5.41) is -0.0328. The van der Waals surface area contributed by atoms with E-state index in [4.69, 9.17) is 4.74 Å². The quantitative estimate of drug-likeness (QED) is 0.342. The SMILES string of the molecule is CC(C)COC(=O)C(CC(C)C)SCCCCCCCF. The minimum Gasteiger partial charge on any atom is -0.465 e. The molecule has 4 heteroatoms. The van der Waals surface area contributed by atoms with Crippen molar-refractivity contribution < 1.29 is 13.9 Å². The molecule has 0 aliphatic carbocycles. The van der Waals surface area contributed by atoms with Crippen molar-refractivity contribution in [3.05, 3.63) is 0 Å². The normalized spacial score (nSPS) is 12.9. The lowest BCUT2D eigenvalue weighted by Gasteiger charge is -2.18. The molecule has 126 valence electrons. The molecule has 0 heterocycles. The highest BCUT2D eigenvalue weighted by Gasteiger charge is 2.21. The van der Waals surface area contributed by atoms with Crippen LogP contribution in [0.5, 0.6) is 0 Å². The topological polar surface area (TPSA) is 26.3 Å². The number of ether oxygens (including phenoxy) is 1. The minimum absolute atomic E-state index is 0.0328. The van der Waals surface area contributed by atoms with Gasteiger partial charge in [-0.3, -0.25) is 9.18 Å². The van der Waals surface area contributed by atoms with Crippen LogP contribution < -0.4 is 0 Å². The lowest BCUT2D eigenvalue weighted by molar-refractivity contribution is -0.144. The molecule has 0 spiro atoms. The van der Waals surface area contributed by atoms with Gasteiger partial charge in [-0.2, -0.15) is 0 Å². The number of rotatable bonds is 13. The molecule has 0 rings (SSSR count). The Hall–Kier alpha value is -0.250. The van der Waals surface area contributed by atoms with E-state index in [0.717, 1.165) is 37.9 Å². The predicted molar refractivity (Wildman–Crippen MR) is 90.6 cm³/mol. The van der Waals surface area contributed by atoms with Crippen molar-refractivity contribution in [3.63, 3.8) is 0 Å². The van der Waals surface area contributed by atoms with Gasteiger partial charge in [-0.25, -0.2) is 0 Å². The minimum atomic E-state index is -0.201. The highest BCUT2D eigenvalue weighted by atomic mass is 32.2. The van der Waals surface area contributed by atoms with Crippen molar-refractivity contribution in [1.82, 2.24) is 0 Å². The number of carbonyl (C=O) groups excluding carboxylic acids is 1. The fourth-order valence-electron chi connectivity index (χ4n) is 1.95. The molecule has 0 bridgehead atoms. The maximum atomic E-state index is 12.1. The first kappa shape index (κ1) is 20.8. The Morgan fingerprint density at radius 2 is 1.62 bits per heavy atom. The van der Waals surface area contributed by atoms with E-state index in [1.54, 1.807) is 11.8 Å². The lowest BCUT2D eigenvalue weighted by atomic mass is 10.1. The highest BCUT2D eigenvalue weighted by molar-refractivity contribution is 8.00. The number of halogens is 1. The van der Waals surface area contributed by atoms with E-state index < -0.39 is 0 Å². The molecule has 0 radical (unpaired) electrons. The van der Waals surface area contributed by atoms with Crippen molar-refractivity contribution in [2.45, 2.75) is 71.5 Å². The Balaban J connectivity index is 3.92. The van der Waals surface area contributed by atoms with Gasteiger partial charge in [0.25, 0.3) is 0 Å². The van der Waals surface area contributed by atoms with Crippen molar-refractivity contribution in [2.24, 2.45) is 11.8 Å². The molecule has 0 fully saturated rings. The number of esters is 1. The Labute approximate surface area is 134 Å². The molecule has 0 aliphatic rings. The third kappa shape index (κ3) is 13.2. The molecule has 21 heavy (non-hydrogen) atoms. The molecule has 0 aromatic rings. The smallest absolute Gasteiger partial charge is 0.319 e. The van der Waals surface area contributed by atoms with Gasteiger partial charge in [0.05, 0.1) is 13.3 Å². The van der Waals surface area contributed by atoms with E-state index in [9.17, 15) is 9.18 Å². The fraction of sp³-hybridized carbons (Fsp3) is 0.941. The Kier molecular flexibility index (Phi) is 13.3. The van der Waals surface area contributed by atoms with Crippen molar-refractivity contribution >= 4 is 17.7 Å². The molecule has 0 aromatic carbocycles. The Morgan fingerprint density at radius 3 is 2.19 bits per heavy atom. The third-order valence-corrected chi connectivity index (χ3v) is 4.42. The van der Waals surface area contributed by atoms with Gasteiger partial charge in [0.1, 0.15) is 5.25 Å². The molecule has 0 saturated heterocycles. The lowest BCUT2D eigenvalue weighted by Crippen LogP contribution is -2.24. The predicted octanol–water partition coefficient (Wildman–Crippen LogP) is 5.25. The molecule has 1 atom stereocenters. The summed E-state index contributed by atoms with van der Waals surface area (Å²) in [7, 11) is 0. The number of hydrogen-bond acceptors (Lipinski definition) is 3. The fourth-order valence-corrected chi connectivity index (χ4v) is 3.34. The molecular formula is C17H33FO2S. The molecule has 0 amide bonds. The van der Waals surface area contributed by atoms with Gasteiger partial charge in [-0.1, -0.05) is 47.0 Å². The van der Waals surface area contributed by atoms with E-state index in [-0.39, 0.29) is 17.9 Å². The van der Waals surface area contributed by atoms with Gasteiger partial charge >= 0.3 is 5.97 Å². The molecule has 0 aromatic heterocycles. The first-order valence-corrected chi connectivity index (χ1v) is 9.36. The van der Waals surface area contributed by atoms with Gasteiger partial charge in [0, 0.05) is 0 Å². The first-order chi connectivity index (χ1) is 9.97. The molecule has 0 saturated carbocycles. The molecule has 0 aliphatic heterocycles. The van der Waals surface area contributed by atoms with Gasteiger partial charge in [0.15, 0.2) is 0 Å². The standard InChI is InChI=1S/C17H33FO2S/c1-14(2)12-16(17(19)20-13-15(3)4)21-11-9-7-5-6-8-10-18/h14-16H,5-13H2,1-4H3. The average Bonchev–Trinajstić information content (AvgIpc) is 2.42. The van der Waals surface area contributed by atoms with Crippen LogP contribution in [-0.4, -0.2) is 30.3 Å². The van der Waals surface area contributed by atoms with Crippen LogP contribution in [0.15, 0.2) is 0 Å². The van der Waals surface area contributed by atoms with Crippen molar-refractivity contribution in [2.75, 3.05) is 19.0 Å². The summed E-state index contributed by atoms with van der Waals surface area (Å²) in [4.78, 5) is 12.1. The van der Waals surface area contributed by atoms with E-state index in [1.165, 1.54) is 0 Å². The summed E-state index contributed by atoms with van der Waals surface area (Å²) >= 11 is 1.72. The zero-order valence-electron chi connectivity index (χ0n) is 14.2. The van der Waals surface area contributed by atoms with Gasteiger partial charge in [0.2, 0.25) is 0 Å². The second-order valence-corrected chi connectivity index (χ2v) is 7.78. The van der Waals surface area contributed by atoms with Gasteiger partial charge in [-0.15, -0.1) is 11.8 Å². The number of thioether (sulfide) groups is 1. The number of hydrogen-bond donors (Lipinski definition) is 0. The molecule has 2 nitrogen and oxygen atoms in total. The summed E-state index contributed by atoms with van der Waals surface area (Å²) < 4.78 is 17.3. The highest BCUT2D eigenvalue weighted by Crippen LogP contribution is 2.22. The number of unbranched alkanes of at least 4 members (excludes halogenated alkanes) is 4. The van der Waals surface area contributed by atoms with Gasteiger partial charge in [-0.05, 0) is 36.9 Å².